The minimum atomic E-state index is -0.566. The van der Waals surface area contributed by atoms with Crippen LogP contribution in [0.4, 0.5) is 0 Å². The maximum atomic E-state index is 12.2. The van der Waals surface area contributed by atoms with E-state index >= 15 is 0 Å². The van der Waals surface area contributed by atoms with Crippen molar-refractivity contribution in [1.82, 2.24) is 10.3 Å². The summed E-state index contributed by atoms with van der Waals surface area (Å²) < 4.78 is 10.8. The number of amides is 1. The Hall–Kier alpha value is -3.12. The van der Waals surface area contributed by atoms with Gasteiger partial charge in [0.2, 0.25) is 0 Å². The molecular weight excluding hydrogens is 404 g/mol. The van der Waals surface area contributed by atoms with Gasteiger partial charge in [-0.3, -0.25) is 9.59 Å². The molecule has 0 saturated carbocycles. The van der Waals surface area contributed by atoms with Crippen molar-refractivity contribution >= 4 is 34.4 Å². The first-order chi connectivity index (χ1) is 14.3. The van der Waals surface area contributed by atoms with Gasteiger partial charge in [-0.25, -0.2) is 4.98 Å². The Kier molecular flexibility index (Phi) is 6.90. The molecule has 0 unspecified atom stereocenters. The summed E-state index contributed by atoms with van der Waals surface area (Å²) in [5.41, 5.74) is 2.90. The molecular formula is C23H23ClN2O4. The molecule has 6 nitrogen and oxygen atoms in total. The van der Waals surface area contributed by atoms with Crippen LogP contribution >= 0.6 is 11.6 Å². The number of carbonyl (C=O) groups is 2. The van der Waals surface area contributed by atoms with Crippen LogP contribution in [0.2, 0.25) is 5.15 Å². The highest BCUT2D eigenvalue weighted by atomic mass is 35.5. The molecule has 0 saturated heterocycles. The first kappa shape index (κ1) is 21.6. The van der Waals surface area contributed by atoms with E-state index in [1.165, 1.54) is 0 Å². The smallest absolute Gasteiger partial charge is 0.325 e. The molecule has 0 spiro atoms. The van der Waals surface area contributed by atoms with Crippen molar-refractivity contribution in [2.75, 3.05) is 6.54 Å². The minimum Gasteiger partial charge on any atom is -0.491 e. The fourth-order valence-electron chi connectivity index (χ4n) is 2.82. The van der Waals surface area contributed by atoms with Crippen LogP contribution in [-0.2, 0) is 16.1 Å². The average molecular weight is 427 g/mol. The molecule has 1 aromatic heterocycles. The van der Waals surface area contributed by atoms with E-state index in [0.717, 1.165) is 16.5 Å². The summed E-state index contributed by atoms with van der Waals surface area (Å²) in [6.45, 7) is 5.56. The van der Waals surface area contributed by atoms with Crippen LogP contribution in [0.15, 0.2) is 48.5 Å². The summed E-state index contributed by atoms with van der Waals surface area (Å²) in [6.07, 6.45) is 0.0508. The average Bonchev–Trinajstić information content (AvgIpc) is 2.70. The molecule has 1 amide bonds. The van der Waals surface area contributed by atoms with Gasteiger partial charge in [0.05, 0.1) is 11.6 Å². The number of nitrogens with zero attached hydrogens (tertiary/aromatic N) is 1. The van der Waals surface area contributed by atoms with E-state index in [1.807, 2.05) is 45.0 Å². The zero-order valence-electron chi connectivity index (χ0n) is 17.1. The van der Waals surface area contributed by atoms with Crippen LogP contribution in [0.5, 0.6) is 5.75 Å². The van der Waals surface area contributed by atoms with Crippen molar-refractivity contribution in [3.63, 3.8) is 0 Å². The lowest BCUT2D eigenvalue weighted by atomic mass is 10.1. The molecule has 0 fully saturated rings. The third-order valence-corrected chi connectivity index (χ3v) is 4.60. The SMILES string of the molecule is Cc1ccc2cc(COC(=O)CNC(=O)c3ccc(OC(C)C)cc3)c(Cl)nc2c1. The number of ether oxygens (including phenoxy) is 2. The Morgan fingerprint density at radius 1 is 1.10 bits per heavy atom. The molecule has 0 atom stereocenters. The molecule has 0 aliphatic rings. The van der Waals surface area contributed by atoms with Crippen LogP contribution < -0.4 is 10.1 Å². The molecule has 0 aliphatic carbocycles. The summed E-state index contributed by atoms with van der Waals surface area (Å²) >= 11 is 6.21. The molecule has 0 bridgehead atoms. The monoisotopic (exact) mass is 426 g/mol. The van der Waals surface area contributed by atoms with E-state index < -0.39 is 5.97 Å². The summed E-state index contributed by atoms with van der Waals surface area (Å²) in [4.78, 5) is 28.6. The van der Waals surface area contributed by atoms with Gasteiger partial charge < -0.3 is 14.8 Å². The van der Waals surface area contributed by atoms with Gasteiger partial charge in [-0.05, 0) is 62.7 Å². The summed E-state index contributed by atoms with van der Waals surface area (Å²) in [6, 6.07) is 14.4. The van der Waals surface area contributed by atoms with Crippen LogP contribution in [0.25, 0.3) is 10.9 Å². The van der Waals surface area contributed by atoms with Gasteiger partial charge in [0.25, 0.3) is 5.91 Å². The van der Waals surface area contributed by atoms with Gasteiger partial charge in [0.15, 0.2) is 0 Å². The van der Waals surface area contributed by atoms with E-state index in [0.29, 0.717) is 16.9 Å². The molecule has 1 heterocycles. The van der Waals surface area contributed by atoms with Gasteiger partial charge in [0, 0.05) is 16.5 Å². The van der Waals surface area contributed by atoms with Crippen molar-refractivity contribution in [1.29, 1.82) is 0 Å². The minimum absolute atomic E-state index is 0.0222. The molecule has 156 valence electrons. The van der Waals surface area contributed by atoms with Gasteiger partial charge in [-0.2, -0.15) is 0 Å². The quantitative estimate of drug-likeness (QED) is 0.446. The number of nitrogens with one attached hydrogen (secondary N) is 1. The Morgan fingerprint density at radius 2 is 1.83 bits per heavy atom. The number of fused-ring (bicyclic) bond motifs is 1. The highest BCUT2D eigenvalue weighted by Gasteiger charge is 2.12. The molecule has 0 aliphatic heterocycles. The number of aryl methyl sites for hydroxylation is 1. The lowest BCUT2D eigenvalue weighted by Crippen LogP contribution is -2.30. The number of hydrogen-bond donors (Lipinski definition) is 1. The Bertz CT molecular complexity index is 1060. The van der Waals surface area contributed by atoms with Crippen LogP contribution in [0, 0.1) is 6.92 Å². The van der Waals surface area contributed by atoms with E-state index in [9.17, 15) is 9.59 Å². The number of aromatic nitrogens is 1. The van der Waals surface area contributed by atoms with Crippen molar-refractivity contribution in [2.24, 2.45) is 0 Å². The molecule has 3 aromatic rings. The highest BCUT2D eigenvalue weighted by molar-refractivity contribution is 6.30. The van der Waals surface area contributed by atoms with E-state index in [4.69, 9.17) is 21.1 Å². The van der Waals surface area contributed by atoms with E-state index in [-0.39, 0.29) is 30.3 Å². The normalized spacial score (nSPS) is 10.8. The maximum Gasteiger partial charge on any atom is 0.325 e. The Balaban J connectivity index is 1.52. The highest BCUT2D eigenvalue weighted by Crippen LogP contribution is 2.22. The number of hydrogen-bond acceptors (Lipinski definition) is 5. The van der Waals surface area contributed by atoms with Crippen LogP contribution in [-0.4, -0.2) is 29.5 Å². The largest absolute Gasteiger partial charge is 0.491 e. The summed E-state index contributed by atoms with van der Waals surface area (Å²) in [5, 5.41) is 3.74. The van der Waals surface area contributed by atoms with Gasteiger partial charge >= 0.3 is 5.97 Å². The molecule has 0 radical (unpaired) electrons. The second-order valence-corrected chi connectivity index (χ2v) is 7.53. The fourth-order valence-corrected chi connectivity index (χ4v) is 3.02. The maximum absolute atomic E-state index is 12.2. The topological polar surface area (TPSA) is 77.5 Å². The third-order valence-electron chi connectivity index (χ3n) is 4.27. The van der Waals surface area contributed by atoms with Crippen molar-refractivity contribution in [3.8, 4) is 5.75 Å². The predicted molar refractivity (Wildman–Crippen MR) is 116 cm³/mol. The second-order valence-electron chi connectivity index (χ2n) is 7.17. The Morgan fingerprint density at radius 3 is 2.53 bits per heavy atom. The van der Waals surface area contributed by atoms with E-state index in [1.54, 1.807) is 24.3 Å². The number of pyridine rings is 1. The summed E-state index contributed by atoms with van der Waals surface area (Å²) in [5.74, 6) is -0.260. The first-order valence-corrected chi connectivity index (χ1v) is 9.96. The van der Waals surface area contributed by atoms with E-state index in [2.05, 4.69) is 10.3 Å². The zero-order chi connectivity index (χ0) is 21.7. The third kappa shape index (κ3) is 5.70. The lowest BCUT2D eigenvalue weighted by molar-refractivity contribution is -0.143. The van der Waals surface area contributed by atoms with Crippen molar-refractivity contribution in [3.05, 3.63) is 70.4 Å². The predicted octanol–water partition coefficient (Wildman–Crippen LogP) is 4.46. The number of rotatable bonds is 7. The first-order valence-electron chi connectivity index (χ1n) is 9.58. The lowest BCUT2D eigenvalue weighted by Gasteiger charge is -2.10. The van der Waals surface area contributed by atoms with Gasteiger partial charge in [0.1, 0.15) is 24.1 Å². The standard InChI is InChI=1S/C23H23ClN2O4/c1-14(2)30-19-8-6-16(7-9-19)23(28)25-12-21(27)29-13-18-11-17-5-4-15(3)10-20(17)26-22(18)24/h4-11,14H,12-13H2,1-3H3,(H,25,28). The fraction of sp³-hybridized carbons (Fsp3) is 0.261. The van der Waals surface area contributed by atoms with Gasteiger partial charge in [-0.1, -0.05) is 23.7 Å². The van der Waals surface area contributed by atoms with Crippen LogP contribution in [0.3, 0.4) is 0 Å². The number of esters is 1. The number of carbonyl (C=O) groups excluding carboxylic acids is 2. The molecule has 3 rings (SSSR count). The number of halogens is 1. The zero-order valence-corrected chi connectivity index (χ0v) is 17.8. The molecule has 1 N–H and O–H groups in total. The molecule has 2 aromatic carbocycles. The Labute approximate surface area is 180 Å². The van der Waals surface area contributed by atoms with Crippen molar-refractivity contribution in [2.45, 2.75) is 33.5 Å². The molecule has 7 heteroatoms. The van der Waals surface area contributed by atoms with Crippen LogP contribution in [0.1, 0.15) is 35.3 Å². The number of benzene rings is 2. The molecule has 30 heavy (non-hydrogen) atoms. The van der Waals surface area contributed by atoms with Gasteiger partial charge in [-0.15, -0.1) is 0 Å². The second kappa shape index (κ2) is 9.59. The van der Waals surface area contributed by atoms with Crippen molar-refractivity contribution < 1.29 is 19.1 Å². The summed E-state index contributed by atoms with van der Waals surface area (Å²) in [7, 11) is 0.